The van der Waals surface area contributed by atoms with E-state index in [4.69, 9.17) is 4.74 Å². The van der Waals surface area contributed by atoms with Crippen LogP contribution in [0.5, 0.6) is 11.5 Å². The number of hydrogen-bond donors (Lipinski definition) is 2. The normalized spacial score (nSPS) is 12.4. The van der Waals surface area contributed by atoms with Crippen LogP contribution in [0.1, 0.15) is 30.6 Å². The van der Waals surface area contributed by atoms with Crippen molar-refractivity contribution in [1.82, 2.24) is 20.0 Å². The second kappa shape index (κ2) is 10.6. The summed E-state index contributed by atoms with van der Waals surface area (Å²) < 4.78 is 35.0. The lowest BCUT2D eigenvalue weighted by atomic mass is 10.1. The Bertz CT molecular complexity index is 1190. The van der Waals surface area contributed by atoms with Crippen LogP contribution in [0.2, 0.25) is 0 Å². The number of aromatic nitrogens is 2. The van der Waals surface area contributed by atoms with Gasteiger partial charge in [-0.15, -0.1) is 0 Å². The van der Waals surface area contributed by atoms with Gasteiger partial charge < -0.3 is 20.1 Å². The molecule has 0 radical (unpaired) electrons. The highest BCUT2D eigenvalue weighted by Crippen LogP contribution is 2.32. The van der Waals surface area contributed by atoms with Crippen molar-refractivity contribution in [3.63, 3.8) is 0 Å². The molecule has 0 aliphatic carbocycles. The van der Waals surface area contributed by atoms with Gasteiger partial charge in [0.2, 0.25) is 0 Å². The first kappa shape index (κ1) is 25.1. The first-order valence-electron chi connectivity index (χ1n) is 10.9. The van der Waals surface area contributed by atoms with Crippen LogP contribution in [0.25, 0.3) is 10.9 Å². The second-order valence-corrected chi connectivity index (χ2v) is 8.76. The molecule has 182 valence electrons. The number of nitrogens with one attached hydrogen (secondary N) is 1. The van der Waals surface area contributed by atoms with Crippen LogP contribution in [0.4, 0.5) is 8.78 Å². The van der Waals surface area contributed by atoms with Gasteiger partial charge in [0, 0.05) is 24.5 Å². The summed E-state index contributed by atoms with van der Waals surface area (Å²) in [5.41, 5.74) is 0.656. The van der Waals surface area contributed by atoms with E-state index in [0.29, 0.717) is 30.1 Å². The number of aliphatic carboxylic acids is 1. The smallest absolute Gasteiger partial charge is 0.326 e. The van der Waals surface area contributed by atoms with E-state index in [0.717, 1.165) is 12.1 Å². The average molecular weight is 475 g/mol. The van der Waals surface area contributed by atoms with E-state index >= 15 is 0 Å². The molecule has 10 heteroatoms. The van der Waals surface area contributed by atoms with Crippen LogP contribution >= 0.6 is 0 Å². The highest BCUT2D eigenvalue weighted by Gasteiger charge is 2.24. The number of halogens is 2. The maximum absolute atomic E-state index is 14.3. The number of carbonyl (C=O) groups is 2. The molecular weight excluding hydrogens is 446 g/mol. The van der Waals surface area contributed by atoms with Crippen molar-refractivity contribution in [2.45, 2.75) is 32.9 Å². The summed E-state index contributed by atoms with van der Waals surface area (Å²) in [6.07, 6.45) is 1.79. The Morgan fingerprint density at radius 3 is 2.53 bits per heavy atom. The molecule has 0 saturated carbocycles. The molecule has 2 N–H and O–H groups in total. The molecule has 1 aromatic heterocycles. The molecule has 0 saturated heterocycles. The van der Waals surface area contributed by atoms with Gasteiger partial charge in [-0.1, -0.05) is 13.8 Å². The van der Waals surface area contributed by atoms with Gasteiger partial charge in [0.25, 0.3) is 5.91 Å². The van der Waals surface area contributed by atoms with Gasteiger partial charge in [-0.25, -0.2) is 13.6 Å². The number of carboxylic acid groups (broad SMARTS) is 1. The van der Waals surface area contributed by atoms with Crippen LogP contribution in [0.3, 0.4) is 0 Å². The zero-order valence-electron chi connectivity index (χ0n) is 19.5. The van der Waals surface area contributed by atoms with E-state index in [-0.39, 0.29) is 29.4 Å². The van der Waals surface area contributed by atoms with E-state index in [9.17, 15) is 23.5 Å². The summed E-state index contributed by atoms with van der Waals surface area (Å²) in [6.45, 7) is 5.09. The number of hydrogen-bond acceptors (Lipinski definition) is 5. The van der Waals surface area contributed by atoms with Crippen LogP contribution in [0.15, 0.2) is 36.5 Å². The fourth-order valence-corrected chi connectivity index (χ4v) is 3.42. The highest BCUT2D eigenvalue weighted by molar-refractivity contribution is 6.02. The molecular formula is C24H28F2N4O4. The molecule has 1 amide bonds. The molecule has 0 bridgehead atoms. The molecule has 2 aromatic carbocycles. The average Bonchev–Trinajstić information content (AvgIpc) is 3.12. The number of rotatable bonds is 10. The first-order chi connectivity index (χ1) is 16.0. The minimum Gasteiger partial charge on any atom is -0.480 e. The van der Waals surface area contributed by atoms with Gasteiger partial charge in [-0.05, 0) is 50.7 Å². The zero-order chi connectivity index (χ0) is 25.0. The maximum Gasteiger partial charge on any atom is 0.326 e. The first-order valence-corrected chi connectivity index (χ1v) is 10.9. The van der Waals surface area contributed by atoms with Crippen LogP contribution in [-0.2, 0) is 11.3 Å². The summed E-state index contributed by atoms with van der Waals surface area (Å²) in [6, 6.07) is 4.78. The molecule has 1 heterocycles. The van der Waals surface area contributed by atoms with Crippen LogP contribution in [0, 0.1) is 17.6 Å². The van der Waals surface area contributed by atoms with E-state index in [1.807, 2.05) is 18.7 Å². The topological polar surface area (TPSA) is 96.7 Å². The Labute approximate surface area is 196 Å². The molecule has 3 rings (SSSR count). The van der Waals surface area contributed by atoms with Gasteiger partial charge in [0.1, 0.15) is 17.6 Å². The molecule has 0 spiro atoms. The lowest BCUT2D eigenvalue weighted by Gasteiger charge is -2.18. The number of benzene rings is 2. The van der Waals surface area contributed by atoms with Gasteiger partial charge in [-0.3, -0.25) is 9.48 Å². The van der Waals surface area contributed by atoms with E-state index in [2.05, 4.69) is 10.4 Å². The fraction of sp³-hybridized carbons (Fsp3) is 0.375. The van der Waals surface area contributed by atoms with Crippen molar-refractivity contribution >= 4 is 22.8 Å². The number of carbonyl (C=O) groups excluding carboxylic acids is 1. The minimum absolute atomic E-state index is 0.00338. The van der Waals surface area contributed by atoms with Gasteiger partial charge in [0.05, 0.1) is 17.3 Å². The number of amides is 1. The number of carboxylic acids is 1. The fourth-order valence-electron chi connectivity index (χ4n) is 3.42. The van der Waals surface area contributed by atoms with Gasteiger partial charge in [-0.2, -0.15) is 5.10 Å². The van der Waals surface area contributed by atoms with Crippen LogP contribution < -0.4 is 10.1 Å². The van der Waals surface area contributed by atoms with Crippen molar-refractivity contribution in [1.29, 1.82) is 0 Å². The Balaban J connectivity index is 2.03. The molecule has 0 aliphatic rings. The summed E-state index contributed by atoms with van der Waals surface area (Å²) >= 11 is 0. The maximum atomic E-state index is 14.3. The van der Waals surface area contributed by atoms with Gasteiger partial charge >= 0.3 is 5.97 Å². The highest BCUT2D eigenvalue weighted by atomic mass is 19.1. The summed E-state index contributed by atoms with van der Waals surface area (Å²) in [5, 5.41) is 17.1. The van der Waals surface area contributed by atoms with Crippen molar-refractivity contribution in [2.75, 3.05) is 20.6 Å². The van der Waals surface area contributed by atoms with E-state index < -0.39 is 29.6 Å². The third-order valence-corrected chi connectivity index (χ3v) is 5.11. The summed E-state index contributed by atoms with van der Waals surface area (Å²) in [5.74, 6) is -3.55. The molecule has 34 heavy (non-hydrogen) atoms. The zero-order valence-corrected chi connectivity index (χ0v) is 19.5. The van der Waals surface area contributed by atoms with Crippen molar-refractivity contribution in [2.24, 2.45) is 5.92 Å². The third kappa shape index (κ3) is 6.07. The third-order valence-electron chi connectivity index (χ3n) is 5.11. The Kier molecular flexibility index (Phi) is 7.83. The monoisotopic (exact) mass is 474 g/mol. The quantitative estimate of drug-likeness (QED) is 0.463. The number of fused-ring (bicyclic) bond motifs is 1. The molecule has 3 aromatic rings. The number of nitrogens with zero attached hydrogens (tertiary/aromatic N) is 3. The molecule has 8 nitrogen and oxygen atoms in total. The van der Waals surface area contributed by atoms with E-state index in [1.165, 1.54) is 6.07 Å². The SMILES string of the molecule is CC(C)Cn1ncc2cc(Oc3ccc(F)cc3F)c(C(=O)N[C@@H](CCN(C)C)C(=O)O)cc21. The molecule has 0 fully saturated rings. The van der Waals surface area contributed by atoms with E-state index in [1.54, 1.807) is 31.0 Å². The summed E-state index contributed by atoms with van der Waals surface area (Å²) in [4.78, 5) is 26.7. The Morgan fingerprint density at radius 2 is 1.91 bits per heavy atom. The van der Waals surface area contributed by atoms with Crippen molar-refractivity contribution in [3.05, 3.63) is 53.7 Å². The molecule has 1 atom stereocenters. The molecule has 0 aliphatic heterocycles. The number of ether oxygens (including phenoxy) is 1. The predicted molar refractivity (Wildman–Crippen MR) is 123 cm³/mol. The Hall–Kier alpha value is -3.53. The largest absolute Gasteiger partial charge is 0.480 e. The predicted octanol–water partition coefficient (Wildman–Crippen LogP) is 3.90. The van der Waals surface area contributed by atoms with Gasteiger partial charge in [0.15, 0.2) is 11.6 Å². The molecule has 0 unspecified atom stereocenters. The second-order valence-electron chi connectivity index (χ2n) is 8.76. The lowest BCUT2D eigenvalue weighted by molar-refractivity contribution is -0.139. The van der Waals surface area contributed by atoms with Crippen molar-refractivity contribution in [3.8, 4) is 11.5 Å². The lowest BCUT2D eigenvalue weighted by Crippen LogP contribution is -2.42. The van der Waals surface area contributed by atoms with Crippen molar-refractivity contribution < 1.29 is 28.2 Å². The Morgan fingerprint density at radius 1 is 1.18 bits per heavy atom. The minimum atomic E-state index is -1.17. The summed E-state index contributed by atoms with van der Waals surface area (Å²) in [7, 11) is 3.60. The standard InChI is InChI=1S/C24H28F2N4O4/c1-14(2)13-30-20-11-17(23(31)28-19(24(32)33)7-8-29(3)4)22(9-15(20)12-27-30)34-21-6-5-16(25)10-18(21)26/h5-6,9-12,14,19H,7-8,13H2,1-4H3,(H,28,31)(H,32,33)/t19-/m0/s1. The van der Waals surface area contributed by atoms with Crippen LogP contribution in [-0.4, -0.2) is 58.3 Å².